The maximum Gasteiger partial charge on any atom is 0.411 e. The van der Waals surface area contributed by atoms with Crippen molar-refractivity contribution in [2.45, 2.75) is 37.8 Å². The molecule has 0 bridgehead atoms. The molecule has 0 aliphatic heterocycles. The molecule has 31 heavy (non-hydrogen) atoms. The van der Waals surface area contributed by atoms with Crippen molar-refractivity contribution in [2.75, 3.05) is 19.5 Å². The van der Waals surface area contributed by atoms with Crippen LogP contribution in [-0.4, -0.2) is 38.4 Å². The third-order valence-corrected chi connectivity index (χ3v) is 5.10. The van der Waals surface area contributed by atoms with Crippen molar-refractivity contribution in [2.24, 2.45) is 0 Å². The number of carbonyl (C=O) groups is 2. The minimum Gasteiger partial charge on any atom is -0.493 e. The van der Waals surface area contributed by atoms with E-state index >= 15 is 0 Å². The predicted octanol–water partition coefficient (Wildman–Crippen LogP) is 4.39. The first-order valence-electron chi connectivity index (χ1n) is 10.3. The maximum absolute atomic E-state index is 12.4. The molecule has 7 nitrogen and oxygen atoms in total. The topological polar surface area (TPSA) is 85.9 Å². The predicted molar refractivity (Wildman–Crippen MR) is 119 cm³/mol. The van der Waals surface area contributed by atoms with Gasteiger partial charge in [-0.1, -0.05) is 24.3 Å². The molecule has 0 unspecified atom stereocenters. The van der Waals surface area contributed by atoms with Gasteiger partial charge in [0, 0.05) is 24.2 Å². The van der Waals surface area contributed by atoms with Crippen molar-refractivity contribution in [1.82, 2.24) is 5.32 Å². The molecule has 0 heterocycles. The third-order valence-electron chi connectivity index (χ3n) is 5.10. The van der Waals surface area contributed by atoms with Gasteiger partial charge in [-0.15, -0.1) is 0 Å². The number of hydrogen-bond donors (Lipinski definition) is 2. The summed E-state index contributed by atoms with van der Waals surface area (Å²) in [4.78, 5) is 24.5. The quantitative estimate of drug-likeness (QED) is 0.644. The number of hydrogen-bond acceptors (Lipinski definition) is 5. The molecule has 0 aromatic heterocycles. The highest BCUT2D eigenvalue weighted by Crippen LogP contribution is 2.28. The Hall–Kier alpha value is -3.48. The smallest absolute Gasteiger partial charge is 0.411 e. The summed E-state index contributed by atoms with van der Waals surface area (Å²) in [7, 11) is 3.15. The van der Waals surface area contributed by atoms with Gasteiger partial charge in [0.2, 0.25) is 5.91 Å². The Morgan fingerprint density at radius 1 is 1.00 bits per heavy atom. The van der Waals surface area contributed by atoms with E-state index in [4.69, 9.17) is 14.2 Å². The minimum atomic E-state index is -0.475. The molecule has 0 spiro atoms. The van der Waals surface area contributed by atoms with Gasteiger partial charge < -0.3 is 19.5 Å². The molecule has 1 aliphatic carbocycles. The first kappa shape index (κ1) is 22.2. The molecular formula is C24H28N2O5. The summed E-state index contributed by atoms with van der Waals surface area (Å²) in [5.74, 6) is 1.05. The highest BCUT2D eigenvalue weighted by atomic mass is 16.6. The van der Waals surface area contributed by atoms with Gasteiger partial charge in [0.25, 0.3) is 0 Å². The molecule has 1 saturated carbocycles. The molecule has 2 atom stereocenters. The molecular weight excluding hydrogens is 396 g/mol. The highest BCUT2D eigenvalue weighted by molar-refractivity contribution is 5.92. The van der Waals surface area contributed by atoms with Gasteiger partial charge in [-0.05, 0) is 55.2 Å². The number of anilines is 1. The second-order valence-electron chi connectivity index (χ2n) is 7.34. The maximum atomic E-state index is 12.4. The molecule has 2 N–H and O–H groups in total. The highest BCUT2D eigenvalue weighted by Gasteiger charge is 2.25. The molecule has 3 rings (SSSR count). The van der Waals surface area contributed by atoms with Crippen LogP contribution in [0.15, 0.2) is 54.6 Å². The van der Waals surface area contributed by atoms with E-state index in [1.165, 1.54) is 6.08 Å². The van der Waals surface area contributed by atoms with Crippen molar-refractivity contribution in [3.05, 3.63) is 60.2 Å². The fourth-order valence-electron chi connectivity index (χ4n) is 3.58. The number of para-hydroxylation sites is 1. The van der Waals surface area contributed by atoms with Crippen LogP contribution >= 0.6 is 0 Å². The zero-order chi connectivity index (χ0) is 22.1. The molecule has 2 amide bonds. The Morgan fingerprint density at radius 2 is 1.77 bits per heavy atom. The normalized spacial score (nSPS) is 18.3. The number of methoxy groups -OCH3 is 2. The lowest BCUT2D eigenvalue weighted by molar-refractivity contribution is -0.117. The Balaban J connectivity index is 1.48. The lowest BCUT2D eigenvalue weighted by Crippen LogP contribution is -2.40. The lowest BCUT2D eigenvalue weighted by Gasteiger charge is -2.29. The summed E-state index contributed by atoms with van der Waals surface area (Å²) < 4.78 is 16.0. The number of benzene rings is 2. The van der Waals surface area contributed by atoms with Crippen LogP contribution in [0.5, 0.6) is 11.5 Å². The van der Waals surface area contributed by atoms with Crippen LogP contribution < -0.4 is 20.1 Å². The zero-order valence-electron chi connectivity index (χ0n) is 17.8. The van der Waals surface area contributed by atoms with Gasteiger partial charge in [0.05, 0.1) is 14.2 Å². The van der Waals surface area contributed by atoms with Crippen molar-refractivity contribution in [3.8, 4) is 11.5 Å². The van der Waals surface area contributed by atoms with Gasteiger partial charge in [-0.25, -0.2) is 4.79 Å². The number of rotatable bonds is 7. The van der Waals surface area contributed by atoms with Crippen LogP contribution in [0.4, 0.5) is 10.5 Å². The van der Waals surface area contributed by atoms with Gasteiger partial charge in [-0.2, -0.15) is 0 Å². The summed E-state index contributed by atoms with van der Waals surface area (Å²) in [5, 5.41) is 5.72. The fraction of sp³-hybridized carbons (Fsp3) is 0.333. The number of ether oxygens (including phenoxy) is 3. The van der Waals surface area contributed by atoms with E-state index in [-0.39, 0.29) is 18.1 Å². The molecule has 0 radical (unpaired) electrons. The molecule has 2 aromatic carbocycles. The lowest BCUT2D eigenvalue weighted by atomic mass is 9.93. The van der Waals surface area contributed by atoms with Gasteiger partial charge in [0.1, 0.15) is 6.10 Å². The van der Waals surface area contributed by atoms with Gasteiger partial charge in [-0.3, -0.25) is 10.1 Å². The SMILES string of the molecule is COc1ccc(/C=C/C(=O)N[C@H]2CCC[C@H](OC(=O)Nc3ccccc3)C2)cc1OC. The van der Waals surface area contributed by atoms with E-state index in [0.717, 1.165) is 24.8 Å². The average Bonchev–Trinajstić information content (AvgIpc) is 2.78. The summed E-state index contributed by atoms with van der Waals surface area (Å²) in [6, 6.07) is 14.6. The van der Waals surface area contributed by atoms with Crippen molar-refractivity contribution in [1.29, 1.82) is 0 Å². The molecule has 0 saturated heterocycles. The summed E-state index contributed by atoms with van der Waals surface area (Å²) >= 11 is 0. The van der Waals surface area contributed by atoms with E-state index < -0.39 is 6.09 Å². The standard InChI is InChI=1S/C24H28N2O5/c1-29-21-13-11-17(15-22(21)30-2)12-14-23(27)25-19-9-6-10-20(16-19)31-24(28)26-18-7-4-3-5-8-18/h3-5,7-8,11-15,19-20H,6,9-10,16H2,1-2H3,(H,25,27)(H,26,28)/b14-12+/t19-,20-/m0/s1. The molecule has 164 valence electrons. The van der Waals surface area contributed by atoms with E-state index in [0.29, 0.717) is 23.6 Å². The van der Waals surface area contributed by atoms with Crippen LogP contribution in [0.1, 0.15) is 31.2 Å². The zero-order valence-corrected chi connectivity index (χ0v) is 17.8. The first-order chi connectivity index (χ1) is 15.1. The summed E-state index contributed by atoms with van der Waals surface area (Å²) in [6.45, 7) is 0. The van der Waals surface area contributed by atoms with Crippen molar-refractivity contribution >= 4 is 23.8 Å². The van der Waals surface area contributed by atoms with Crippen LogP contribution in [0.3, 0.4) is 0 Å². The Morgan fingerprint density at radius 3 is 2.52 bits per heavy atom. The fourth-order valence-corrected chi connectivity index (χ4v) is 3.58. The van der Waals surface area contributed by atoms with Crippen LogP contribution in [0.2, 0.25) is 0 Å². The monoisotopic (exact) mass is 424 g/mol. The number of carbonyl (C=O) groups excluding carboxylic acids is 2. The molecule has 7 heteroatoms. The molecule has 1 fully saturated rings. The van der Waals surface area contributed by atoms with E-state index in [2.05, 4.69) is 10.6 Å². The van der Waals surface area contributed by atoms with E-state index in [1.807, 2.05) is 24.3 Å². The summed E-state index contributed by atoms with van der Waals surface area (Å²) in [5.41, 5.74) is 1.52. The molecule has 2 aromatic rings. The van der Waals surface area contributed by atoms with Gasteiger partial charge >= 0.3 is 6.09 Å². The largest absolute Gasteiger partial charge is 0.493 e. The Labute approximate surface area is 182 Å². The van der Waals surface area contributed by atoms with Crippen LogP contribution in [-0.2, 0) is 9.53 Å². The van der Waals surface area contributed by atoms with E-state index in [1.54, 1.807) is 44.6 Å². The average molecular weight is 424 g/mol. The van der Waals surface area contributed by atoms with Crippen LogP contribution in [0.25, 0.3) is 6.08 Å². The minimum absolute atomic E-state index is 0.0363. The molecule has 1 aliphatic rings. The van der Waals surface area contributed by atoms with Crippen LogP contribution in [0, 0.1) is 0 Å². The Kier molecular flexibility index (Phi) is 7.92. The second-order valence-corrected chi connectivity index (χ2v) is 7.34. The van der Waals surface area contributed by atoms with Gasteiger partial charge in [0.15, 0.2) is 11.5 Å². The number of nitrogens with one attached hydrogen (secondary N) is 2. The van der Waals surface area contributed by atoms with E-state index in [9.17, 15) is 9.59 Å². The number of amides is 2. The Bertz CT molecular complexity index is 913. The second kappa shape index (κ2) is 11.1. The third kappa shape index (κ3) is 6.77. The van der Waals surface area contributed by atoms with Crippen molar-refractivity contribution in [3.63, 3.8) is 0 Å². The first-order valence-corrected chi connectivity index (χ1v) is 10.3. The van der Waals surface area contributed by atoms with Crippen molar-refractivity contribution < 1.29 is 23.8 Å². The summed E-state index contributed by atoms with van der Waals surface area (Å²) in [6.07, 6.45) is 5.64.